The lowest BCUT2D eigenvalue weighted by Gasteiger charge is -2.36. The standard InChI is InChI=1S/C28H40N4O3.CH4/c1-18-7-5-9-24(21(18)4)30-13-11-22(12-14-30)26(33)17-32-25-10-6-8-23(25)27(29-32)28(34)31-15-19(2)35-20(3)16-31;/h5,7,9,19-20,22,26,33H,6,8,10-17H2,1-4H3;1H4/t19-,20+,26?;. The summed E-state index contributed by atoms with van der Waals surface area (Å²) in [6, 6.07) is 6.51. The van der Waals surface area contributed by atoms with Crippen LogP contribution < -0.4 is 4.90 Å². The normalized spacial score (nSPS) is 23.4. The van der Waals surface area contributed by atoms with Crippen LogP contribution in [0.4, 0.5) is 5.69 Å². The zero-order valence-corrected chi connectivity index (χ0v) is 21.7. The smallest absolute Gasteiger partial charge is 0.274 e. The number of hydrogen-bond acceptors (Lipinski definition) is 5. The Bertz CT molecular complexity index is 1060. The van der Waals surface area contributed by atoms with Crippen LogP contribution in [0.15, 0.2) is 18.2 Å². The number of carbonyl (C=O) groups is 1. The van der Waals surface area contributed by atoms with Crippen molar-refractivity contribution >= 4 is 11.6 Å². The SMILES string of the molecule is C.Cc1cccc(N2CCC(C(O)Cn3nc(C(=O)N4C[C@@H](C)O[C@@H](C)C4)c4c3CCC4)CC2)c1C. The zero-order valence-electron chi connectivity index (χ0n) is 21.7. The Kier molecular flexibility index (Phi) is 8.10. The van der Waals surface area contributed by atoms with Crippen molar-refractivity contribution in [2.45, 2.75) is 92.1 Å². The summed E-state index contributed by atoms with van der Waals surface area (Å²) in [6.07, 6.45) is 4.43. The highest BCUT2D eigenvalue weighted by molar-refractivity contribution is 5.94. The van der Waals surface area contributed by atoms with Crippen LogP contribution in [-0.4, -0.2) is 70.2 Å². The highest BCUT2D eigenvalue weighted by atomic mass is 16.5. The second-order valence-corrected chi connectivity index (χ2v) is 10.9. The van der Waals surface area contributed by atoms with Crippen molar-refractivity contribution in [1.82, 2.24) is 14.7 Å². The van der Waals surface area contributed by atoms with Crippen LogP contribution in [0.25, 0.3) is 0 Å². The second kappa shape index (κ2) is 10.9. The predicted octanol–water partition coefficient (Wildman–Crippen LogP) is 4.15. The molecule has 2 aliphatic heterocycles. The molecule has 3 aliphatic rings. The molecule has 1 N–H and O–H groups in total. The highest BCUT2D eigenvalue weighted by Gasteiger charge is 2.34. The maximum Gasteiger partial charge on any atom is 0.274 e. The lowest BCUT2D eigenvalue weighted by Crippen LogP contribution is -2.48. The molecule has 7 nitrogen and oxygen atoms in total. The van der Waals surface area contributed by atoms with Crippen molar-refractivity contribution in [3.05, 3.63) is 46.3 Å². The fourth-order valence-corrected chi connectivity index (χ4v) is 6.26. The van der Waals surface area contributed by atoms with E-state index in [1.165, 1.54) is 16.8 Å². The van der Waals surface area contributed by atoms with Gasteiger partial charge in [0.2, 0.25) is 0 Å². The third kappa shape index (κ3) is 5.18. The van der Waals surface area contributed by atoms with Gasteiger partial charge >= 0.3 is 0 Å². The van der Waals surface area contributed by atoms with E-state index in [2.05, 4.69) is 36.9 Å². The maximum atomic E-state index is 13.4. The van der Waals surface area contributed by atoms with E-state index in [4.69, 9.17) is 9.84 Å². The number of aliphatic hydroxyl groups is 1. The molecule has 0 spiro atoms. The fraction of sp³-hybridized carbons (Fsp3) is 0.655. The molecule has 0 bridgehead atoms. The topological polar surface area (TPSA) is 70.8 Å². The van der Waals surface area contributed by atoms with Gasteiger partial charge in [0, 0.05) is 43.1 Å². The van der Waals surface area contributed by atoms with Crippen molar-refractivity contribution in [1.29, 1.82) is 0 Å². The van der Waals surface area contributed by atoms with E-state index < -0.39 is 6.10 Å². The van der Waals surface area contributed by atoms with Crippen molar-refractivity contribution < 1.29 is 14.6 Å². The first kappa shape index (κ1) is 26.7. The molecule has 1 aromatic heterocycles. The van der Waals surface area contributed by atoms with Gasteiger partial charge in [-0.2, -0.15) is 5.10 Å². The van der Waals surface area contributed by atoms with Gasteiger partial charge in [0.25, 0.3) is 5.91 Å². The van der Waals surface area contributed by atoms with E-state index >= 15 is 0 Å². The number of fused-ring (bicyclic) bond motifs is 1. The predicted molar refractivity (Wildman–Crippen MR) is 144 cm³/mol. The quantitative estimate of drug-likeness (QED) is 0.673. The number of aliphatic hydroxyl groups excluding tert-OH is 1. The van der Waals surface area contributed by atoms with Crippen LogP contribution >= 0.6 is 0 Å². The van der Waals surface area contributed by atoms with Gasteiger partial charge in [-0.3, -0.25) is 9.48 Å². The monoisotopic (exact) mass is 496 g/mol. The molecule has 1 unspecified atom stereocenters. The first-order chi connectivity index (χ1) is 16.8. The molecule has 198 valence electrons. The number of nitrogens with zero attached hydrogens (tertiary/aromatic N) is 4. The molecular formula is C29H44N4O3. The largest absolute Gasteiger partial charge is 0.391 e. The van der Waals surface area contributed by atoms with Gasteiger partial charge in [-0.1, -0.05) is 19.6 Å². The first-order valence-corrected chi connectivity index (χ1v) is 13.3. The third-order valence-corrected chi connectivity index (χ3v) is 8.28. The maximum absolute atomic E-state index is 13.4. The number of aromatic nitrogens is 2. The number of amides is 1. The Hall–Kier alpha value is -2.38. The van der Waals surface area contributed by atoms with Crippen LogP contribution in [0.1, 0.15) is 73.4 Å². The first-order valence-electron chi connectivity index (χ1n) is 13.3. The molecule has 2 aromatic rings. The van der Waals surface area contributed by atoms with Gasteiger partial charge in [-0.15, -0.1) is 0 Å². The fourth-order valence-electron chi connectivity index (χ4n) is 6.26. The van der Waals surface area contributed by atoms with Crippen molar-refractivity contribution in [3.63, 3.8) is 0 Å². The Balaban J connectivity index is 0.00000304. The molecule has 2 fully saturated rings. The lowest BCUT2D eigenvalue weighted by atomic mass is 9.90. The number of piperidine rings is 1. The zero-order chi connectivity index (χ0) is 24.7. The Morgan fingerprint density at radius 1 is 1.14 bits per heavy atom. The number of anilines is 1. The van der Waals surface area contributed by atoms with Gasteiger partial charge in [-0.25, -0.2) is 0 Å². The second-order valence-electron chi connectivity index (χ2n) is 10.9. The molecular weight excluding hydrogens is 452 g/mol. The summed E-state index contributed by atoms with van der Waals surface area (Å²) in [7, 11) is 0. The molecule has 2 saturated heterocycles. The van der Waals surface area contributed by atoms with Crippen LogP contribution in [-0.2, 0) is 24.1 Å². The van der Waals surface area contributed by atoms with E-state index in [-0.39, 0.29) is 31.5 Å². The van der Waals surface area contributed by atoms with Crippen molar-refractivity contribution in [2.75, 3.05) is 31.1 Å². The molecule has 7 heteroatoms. The Morgan fingerprint density at radius 2 is 1.83 bits per heavy atom. The average Bonchev–Trinajstić information content (AvgIpc) is 3.44. The molecule has 1 aromatic carbocycles. The van der Waals surface area contributed by atoms with Crippen molar-refractivity contribution in [2.24, 2.45) is 5.92 Å². The molecule has 1 aliphatic carbocycles. The number of benzene rings is 1. The molecule has 3 atom stereocenters. The van der Waals surface area contributed by atoms with Gasteiger partial charge in [0.15, 0.2) is 5.69 Å². The summed E-state index contributed by atoms with van der Waals surface area (Å²) in [5, 5.41) is 16.0. The summed E-state index contributed by atoms with van der Waals surface area (Å²) in [5.41, 5.74) is 6.82. The number of hydrogen-bond donors (Lipinski definition) is 1. The molecule has 0 saturated carbocycles. The van der Waals surface area contributed by atoms with E-state index in [0.717, 1.165) is 56.5 Å². The van der Waals surface area contributed by atoms with Crippen LogP contribution in [0.3, 0.4) is 0 Å². The number of rotatable bonds is 5. The van der Waals surface area contributed by atoms with Crippen LogP contribution in [0, 0.1) is 19.8 Å². The molecule has 0 radical (unpaired) electrons. The molecule has 1 amide bonds. The van der Waals surface area contributed by atoms with Crippen molar-refractivity contribution in [3.8, 4) is 0 Å². The van der Waals surface area contributed by atoms with E-state index in [1.807, 2.05) is 23.4 Å². The summed E-state index contributed by atoms with van der Waals surface area (Å²) in [5.74, 6) is 0.262. The third-order valence-electron chi connectivity index (χ3n) is 8.28. The van der Waals surface area contributed by atoms with Gasteiger partial charge in [0.1, 0.15) is 0 Å². The molecule has 3 heterocycles. The Morgan fingerprint density at radius 3 is 2.53 bits per heavy atom. The number of carbonyl (C=O) groups excluding carboxylic acids is 1. The Labute approximate surface area is 216 Å². The van der Waals surface area contributed by atoms with E-state index in [0.29, 0.717) is 25.3 Å². The lowest BCUT2D eigenvalue weighted by molar-refractivity contribution is -0.0587. The summed E-state index contributed by atoms with van der Waals surface area (Å²) in [4.78, 5) is 17.7. The molecule has 36 heavy (non-hydrogen) atoms. The number of morpholine rings is 1. The summed E-state index contributed by atoms with van der Waals surface area (Å²) < 4.78 is 7.76. The number of aryl methyl sites for hydroxylation is 1. The van der Waals surface area contributed by atoms with E-state index in [9.17, 15) is 9.90 Å². The summed E-state index contributed by atoms with van der Waals surface area (Å²) in [6.45, 7) is 12.0. The highest BCUT2D eigenvalue weighted by Crippen LogP contribution is 2.31. The van der Waals surface area contributed by atoms with Gasteiger partial charge < -0.3 is 19.6 Å². The van der Waals surface area contributed by atoms with Crippen LogP contribution in [0.2, 0.25) is 0 Å². The van der Waals surface area contributed by atoms with Crippen LogP contribution in [0.5, 0.6) is 0 Å². The minimum absolute atomic E-state index is 0. The average molecular weight is 497 g/mol. The van der Waals surface area contributed by atoms with Gasteiger partial charge in [-0.05, 0) is 82.9 Å². The minimum Gasteiger partial charge on any atom is -0.391 e. The van der Waals surface area contributed by atoms with Gasteiger partial charge in [0.05, 0.1) is 24.9 Å². The summed E-state index contributed by atoms with van der Waals surface area (Å²) >= 11 is 0. The number of ether oxygens (including phenoxy) is 1. The van der Waals surface area contributed by atoms with E-state index in [1.54, 1.807) is 0 Å². The molecule has 5 rings (SSSR count). The minimum atomic E-state index is -0.452.